The minimum Gasteiger partial charge on any atom is -0.462 e. The van der Waals surface area contributed by atoms with Crippen molar-refractivity contribution in [1.82, 2.24) is 4.90 Å². The van der Waals surface area contributed by atoms with Crippen LogP contribution in [0.4, 0.5) is 4.39 Å². The van der Waals surface area contributed by atoms with Crippen LogP contribution in [0, 0.1) is 29.6 Å². The lowest BCUT2D eigenvalue weighted by Gasteiger charge is -2.48. The number of ether oxygens (including phenoxy) is 7. The Hall–Kier alpha value is -0.920. The van der Waals surface area contributed by atoms with Gasteiger partial charge >= 0.3 is 5.97 Å². The number of esters is 1. The van der Waals surface area contributed by atoms with Crippen molar-refractivity contribution in [2.45, 2.75) is 180 Å². The molecule has 0 aliphatic carbocycles. The molecule has 17 atom stereocenters. The highest BCUT2D eigenvalue weighted by molar-refractivity contribution is 5.73. The van der Waals surface area contributed by atoms with Crippen molar-refractivity contribution in [1.29, 1.82) is 0 Å². The normalized spacial score (nSPS) is 48.8. The van der Waals surface area contributed by atoms with Crippen molar-refractivity contribution in [2.24, 2.45) is 29.6 Å². The van der Waals surface area contributed by atoms with Gasteiger partial charge in [0, 0.05) is 38.5 Å². The Morgan fingerprint density at radius 1 is 0.939 bits per heavy atom. The van der Waals surface area contributed by atoms with Crippen LogP contribution in [0.2, 0.25) is 0 Å². The van der Waals surface area contributed by atoms with Gasteiger partial charge in [-0.3, -0.25) is 9.69 Å². The van der Waals surface area contributed by atoms with E-state index < -0.39 is 60.6 Å². The van der Waals surface area contributed by atoms with Gasteiger partial charge in [-0.15, -0.1) is 0 Å². The summed E-state index contributed by atoms with van der Waals surface area (Å²) in [7, 11) is 3.53. The van der Waals surface area contributed by atoms with Crippen LogP contribution in [0.15, 0.2) is 0 Å². The number of hydrogen-bond donors (Lipinski definition) is 1. The molecule has 0 amide bonds. The second-order valence-electron chi connectivity index (χ2n) is 16.7. The van der Waals surface area contributed by atoms with Gasteiger partial charge < -0.3 is 38.3 Å². The second kappa shape index (κ2) is 16.8. The van der Waals surface area contributed by atoms with Crippen LogP contribution < -0.4 is 0 Å². The third-order valence-electron chi connectivity index (χ3n) is 12.2. The van der Waals surface area contributed by atoms with E-state index in [4.69, 9.17) is 33.2 Å². The Labute approximate surface area is 295 Å². The van der Waals surface area contributed by atoms with Crippen LogP contribution in [-0.4, -0.2) is 116 Å². The fourth-order valence-corrected chi connectivity index (χ4v) is 9.49. The molecule has 4 heterocycles. The summed E-state index contributed by atoms with van der Waals surface area (Å²) in [5.41, 5.74) is -1.25. The fourth-order valence-electron chi connectivity index (χ4n) is 9.49. The highest BCUT2D eigenvalue weighted by Crippen LogP contribution is 2.47. The summed E-state index contributed by atoms with van der Waals surface area (Å²) in [6, 6.07) is -0.351. The zero-order valence-corrected chi connectivity index (χ0v) is 32.4. The molecule has 49 heavy (non-hydrogen) atoms. The molecule has 4 fully saturated rings. The standard InChI is InChI=1S/C38H68FNO9/c1-13-29-21(2)16-22(3)32-23(4)18-38(10,49-32)34(48-36-31(41)28(17-24(5)45-36)40(11)15-14-39)26(7)33(27(8)35(42)46-29)47-30-20-37(9,43-12)19-25(6)44-30/h21-34,36,41H,13-20H2,1-12H3/t21-,22-,23-,24-,25+,26+,27-,28+,29-,30?,31-,32-,33+,34-,36+,37+,38-/m1/s1. The second-order valence-corrected chi connectivity index (χ2v) is 16.7. The number of nitrogens with zero attached hydrogens (tertiary/aromatic N) is 1. The number of cyclic esters (lactones) is 1. The molecule has 1 unspecified atom stereocenters. The van der Waals surface area contributed by atoms with Crippen molar-refractivity contribution in [3.05, 3.63) is 0 Å². The maximum absolute atomic E-state index is 14.1. The number of rotatable bonds is 9. The summed E-state index contributed by atoms with van der Waals surface area (Å²) >= 11 is 0. The molecule has 0 spiro atoms. The summed E-state index contributed by atoms with van der Waals surface area (Å²) in [6.45, 7) is 20.4. The molecule has 1 N–H and O–H groups in total. The zero-order chi connectivity index (χ0) is 36.4. The lowest BCUT2D eigenvalue weighted by Crippen LogP contribution is -2.60. The molecule has 0 aromatic carbocycles. The van der Waals surface area contributed by atoms with E-state index in [1.807, 2.05) is 39.6 Å². The van der Waals surface area contributed by atoms with Crippen LogP contribution in [0.25, 0.3) is 0 Å². The Bertz CT molecular complexity index is 1070. The summed E-state index contributed by atoms with van der Waals surface area (Å²) in [6.07, 6.45) is -0.595. The van der Waals surface area contributed by atoms with Gasteiger partial charge in [0.05, 0.1) is 47.6 Å². The van der Waals surface area contributed by atoms with Crippen LogP contribution in [0.3, 0.4) is 0 Å². The van der Waals surface area contributed by atoms with E-state index in [-0.39, 0.29) is 60.7 Å². The number of alkyl halides is 1. The molecule has 4 rings (SSSR count). The molecular formula is C38H68FNO9. The number of likely N-dealkylation sites (N-methyl/N-ethyl adjacent to an activating group) is 1. The fraction of sp³-hybridized carbons (Fsp3) is 0.974. The van der Waals surface area contributed by atoms with Gasteiger partial charge in [-0.05, 0) is 85.1 Å². The number of aliphatic hydroxyl groups is 1. The molecule has 4 saturated heterocycles. The van der Waals surface area contributed by atoms with Gasteiger partial charge in [0.15, 0.2) is 12.6 Å². The molecule has 11 heteroatoms. The number of halogens is 1. The van der Waals surface area contributed by atoms with Crippen molar-refractivity contribution in [3.63, 3.8) is 0 Å². The van der Waals surface area contributed by atoms with Crippen LogP contribution >= 0.6 is 0 Å². The first-order chi connectivity index (χ1) is 22.9. The summed E-state index contributed by atoms with van der Waals surface area (Å²) in [4.78, 5) is 15.9. The van der Waals surface area contributed by atoms with E-state index in [0.717, 1.165) is 19.3 Å². The molecular weight excluding hydrogens is 633 g/mol. The Balaban J connectivity index is 1.78. The van der Waals surface area contributed by atoms with E-state index in [2.05, 4.69) is 41.5 Å². The van der Waals surface area contributed by atoms with Crippen LogP contribution in [0.5, 0.6) is 0 Å². The van der Waals surface area contributed by atoms with Gasteiger partial charge in [-0.25, -0.2) is 4.39 Å². The monoisotopic (exact) mass is 701 g/mol. The minimum absolute atomic E-state index is 0.0407. The molecule has 286 valence electrons. The van der Waals surface area contributed by atoms with Crippen molar-refractivity contribution in [2.75, 3.05) is 27.4 Å². The molecule has 2 bridgehead atoms. The van der Waals surface area contributed by atoms with E-state index >= 15 is 0 Å². The smallest absolute Gasteiger partial charge is 0.311 e. The van der Waals surface area contributed by atoms with E-state index in [9.17, 15) is 14.3 Å². The highest BCUT2D eigenvalue weighted by Gasteiger charge is 2.55. The molecule has 4 aliphatic rings. The number of methoxy groups -OCH3 is 1. The third-order valence-corrected chi connectivity index (χ3v) is 12.2. The first kappa shape index (κ1) is 40.8. The van der Waals surface area contributed by atoms with Gasteiger partial charge in [-0.1, -0.05) is 34.6 Å². The van der Waals surface area contributed by atoms with Gasteiger partial charge in [0.2, 0.25) is 0 Å². The minimum atomic E-state index is -1.03. The number of aliphatic hydroxyl groups excluding tert-OH is 1. The summed E-state index contributed by atoms with van der Waals surface area (Å²) in [5.74, 6) is -0.847. The van der Waals surface area contributed by atoms with Gasteiger partial charge in [0.25, 0.3) is 0 Å². The average Bonchev–Trinajstić information content (AvgIpc) is 3.35. The third kappa shape index (κ3) is 9.36. The number of hydrogen-bond acceptors (Lipinski definition) is 10. The molecule has 0 aromatic heterocycles. The molecule has 0 saturated carbocycles. The Morgan fingerprint density at radius 3 is 2.27 bits per heavy atom. The average molecular weight is 702 g/mol. The van der Waals surface area contributed by atoms with Crippen molar-refractivity contribution in [3.8, 4) is 0 Å². The first-order valence-corrected chi connectivity index (χ1v) is 18.9. The predicted octanol–water partition coefficient (Wildman–Crippen LogP) is 5.91. The maximum atomic E-state index is 14.1. The highest BCUT2D eigenvalue weighted by atomic mass is 19.1. The number of fused-ring (bicyclic) bond motifs is 2. The summed E-state index contributed by atoms with van der Waals surface area (Å²) < 4.78 is 59.2. The quantitative estimate of drug-likeness (QED) is 0.292. The number of carbonyl (C=O) groups excluding carboxylic acids is 1. The van der Waals surface area contributed by atoms with E-state index in [0.29, 0.717) is 19.3 Å². The van der Waals surface area contributed by atoms with Gasteiger partial charge in [0.1, 0.15) is 18.9 Å². The molecule has 10 nitrogen and oxygen atoms in total. The van der Waals surface area contributed by atoms with Gasteiger partial charge in [-0.2, -0.15) is 0 Å². The van der Waals surface area contributed by atoms with E-state index in [1.165, 1.54) is 0 Å². The lowest BCUT2D eigenvalue weighted by atomic mass is 9.77. The summed E-state index contributed by atoms with van der Waals surface area (Å²) in [5, 5.41) is 11.7. The maximum Gasteiger partial charge on any atom is 0.311 e. The largest absolute Gasteiger partial charge is 0.462 e. The van der Waals surface area contributed by atoms with Crippen molar-refractivity contribution >= 4 is 5.97 Å². The number of carbonyl (C=O) groups is 1. The lowest BCUT2D eigenvalue weighted by molar-refractivity contribution is -0.311. The van der Waals surface area contributed by atoms with Crippen LogP contribution in [0.1, 0.15) is 108 Å². The Kier molecular flexibility index (Phi) is 14.0. The zero-order valence-electron chi connectivity index (χ0n) is 32.4. The SMILES string of the molecule is CC[C@H]1OC(=O)[C@H](C)[C@@H](OC2C[C@@](C)(OC)C[C@H](C)O2)[C@H](C)[C@@H](O[C@@H]2O[C@H](C)C[C@H](N(C)CCF)[C@H]2O)[C@@]2(C)C[C@@H](C)[C@H](O2)[C@H](C)C[C@H]1C. The molecule has 4 aliphatic heterocycles. The molecule has 0 radical (unpaired) electrons. The van der Waals surface area contributed by atoms with Crippen LogP contribution in [-0.2, 0) is 38.0 Å². The Morgan fingerprint density at radius 2 is 1.63 bits per heavy atom. The van der Waals surface area contributed by atoms with Crippen molar-refractivity contribution < 1.29 is 47.4 Å². The predicted molar refractivity (Wildman–Crippen MR) is 185 cm³/mol. The van der Waals surface area contributed by atoms with E-state index in [1.54, 1.807) is 7.11 Å². The topological polar surface area (TPSA) is 105 Å². The first-order valence-electron chi connectivity index (χ1n) is 18.9. The molecule has 0 aromatic rings.